The van der Waals surface area contributed by atoms with Gasteiger partial charge in [0.1, 0.15) is 18.4 Å². The van der Waals surface area contributed by atoms with Crippen molar-refractivity contribution in [3.63, 3.8) is 0 Å². The van der Waals surface area contributed by atoms with Crippen LogP contribution < -0.4 is 14.2 Å². The average molecular weight is 432 g/mol. The van der Waals surface area contributed by atoms with Crippen LogP contribution in [-0.2, 0) is 16.1 Å². The van der Waals surface area contributed by atoms with Crippen molar-refractivity contribution in [2.75, 3.05) is 20.8 Å². The molecule has 140 valence electrons. The van der Waals surface area contributed by atoms with Gasteiger partial charge in [-0.25, -0.2) is 4.79 Å². The molecule has 0 bridgehead atoms. The monoisotopic (exact) mass is 431 g/mol. The van der Waals surface area contributed by atoms with Crippen molar-refractivity contribution in [2.45, 2.75) is 6.61 Å². The summed E-state index contributed by atoms with van der Waals surface area (Å²) in [4.78, 5) is 12.0. The SMILES string of the molecule is COc1ccc(Br)cc1COC(=O)/C=C/c1ccc(OCC#N)c(OC)c1. The Morgan fingerprint density at radius 1 is 1.11 bits per heavy atom. The molecule has 0 saturated heterocycles. The van der Waals surface area contributed by atoms with Gasteiger partial charge in [-0.2, -0.15) is 5.26 Å². The lowest BCUT2D eigenvalue weighted by Gasteiger charge is -2.09. The Morgan fingerprint density at radius 3 is 2.56 bits per heavy atom. The lowest BCUT2D eigenvalue weighted by Crippen LogP contribution is -2.02. The standard InChI is InChI=1S/C20H18BrNO5/c1-24-17-7-5-16(21)12-15(17)13-27-20(23)8-4-14-3-6-18(26-10-9-22)19(11-14)25-2/h3-8,11-12H,10,13H2,1-2H3/b8-4+. The summed E-state index contributed by atoms with van der Waals surface area (Å²) in [6.07, 6.45) is 2.94. The summed E-state index contributed by atoms with van der Waals surface area (Å²) in [5.74, 6) is 1.09. The molecule has 0 amide bonds. The van der Waals surface area contributed by atoms with Gasteiger partial charge >= 0.3 is 5.97 Å². The zero-order chi connectivity index (χ0) is 19.6. The van der Waals surface area contributed by atoms with Gasteiger partial charge in [-0.1, -0.05) is 22.0 Å². The highest BCUT2D eigenvalue weighted by atomic mass is 79.9. The third kappa shape index (κ3) is 6.04. The molecule has 0 unspecified atom stereocenters. The normalized spacial score (nSPS) is 10.3. The fraction of sp³-hybridized carbons (Fsp3) is 0.200. The maximum absolute atomic E-state index is 12.0. The summed E-state index contributed by atoms with van der Waals surface area (Å²) in [7, 11) is 3.06. The minimum absolute atomic E-state index is 0.0725. The maximum atomic E-state index is 12.0. The molecule has 0 spiro atoms. The van der Waals surface area contributed by atoms with Crippen LogP contribution in [-0.4, -0.2) is 26.8 Å². The number of halogens is 1. The number of methoxy groups -OCH3 is 2. The summed E-state index contributed by atoms with van der Waals surface area (Å²) in [5.41, 5.74) is 1.49. The number of carbonyl (C=O) groups excluding carboxylic acids is 1. The Morgan fingerprint density at radius 2 is 1.85 bits per heavy atom. The Labute approximate surface area is 166 Å². The fourth-order valence-electron chi connectivity index (χ4n) is 2.24. The molecule has 0 aliphatic heterocycles. The lowest BCUT2D eigenvalue weighted by molar-refractivity contribution is -0.138. The summed E-state index contributed by atoms with van der Waals surface area (Å²) in [5, 5.41) is 8.58. The largest absolute Gasteiger partial charge is 0.496 e. The number of nitrogens with zero attached hydrogens (tertiary/aromatic N) is 1. The zero-order valence-corrected chi connectivity index (χ0v) is 16.5. The molecule has 2 rings (SSSR count). The van der Waals surface area contributed by atoms with Crippen molar-refractivity contribution >= 4 is 28.0 Å². The minimum atomic E-state index is -0.485. The molecule has 0 aliphatic rings. The van der Waals surface area contributed by atoms with E-state index in [9.17, 15) is 4.79 Å². The Bertz CT molecular complexity index is 873. The number of nitriles is 1. The predicted molar refractivity (Wildman–Crippen MR) is 104 cm³/mol. The summed E-state index contributed by atoms with van der Waals surface area (Å²) >= 11 is 3.38. The van der Waals surface area contributed by atoms with E-state index >= 15 is 0 Å². The maximum Gasteiger partial charge on any atom is 0.331 e. The van der Waals surface area contributed by atoms with Crippen molar-refractivity contribution in [3.8, 4) is 23.3 Å². The van der Waals surface area contributed by atoms with Crippen molar-refractivity contribution in [1.29, 1.82) is 5.26 Å². The molecule has 27 heavy (non-hydrogen) atoms. The van der Waals surface area contributed by atoms with E-state index in [0.717, 1.165) is 15.6 Å². The van der Waals surface area contributed by atoms with Crippen LogP contribution in [0.1, 0.15) is 11.1 Å². The van der Waals surface area contributed by atoms with Crippen LogP contribution in [0, 0.1) is 11.3 Å². The number of carbonyl (C=O) groups is 1. The van der Waals surface area contributed by atoms with Gasteiger partial charge in [0.25, 0.3) is 0 Å². The van der Waals surface area contributed by atoms with Crippen LogP contribution in [0.25, 0.3) is 6.08 Å². The van der Waals surface area contributed by atoms with Crippen molar-refractivity contribution in [2.24, 2.45) is 0 Å². The number of rotatable bonds is 8. The van der Waals surface area contributed by atoms with E-state index in [1.165, 1.54) is 13.2 Å². The molecule has 0 N–H and O–H groups in total. The zero-order valence-electron chi connectivity index (χ0n) is 14.9. The first-order chi connectivity index (χ1) is 13.1. The second kappa shape index (κ2) is 10.2. The highest BCUT2D eigenvalue weighted by Gasteiger charge is 2.07. The van der Waals surface area contributed by atoms with E-state index in [-0.39, 0.29) is 13.2 Å². The highest BCUT2D eigenvalue weighted by Crippen LogP contribution is 2.28. The molecule has 0 aliphatic carbocycles. The van der Waals surface area contributed by atoms with Crippen molar-refractivity contribution in [3.05, 3.63) is 58.1 Å². The first-order valence-electron chi connectivity index (χ1n) is 7.92. The van der Waals surface area contributed by atoms with Gasteiger partial charge in [0.05, 0.1) is 14.2 Å². The van der Waals surface area contributed by atoms with Crippen molar-refractivity contribution in [1.82, 2.24) is 0 Å². The van der Waals surface area contributed by atoms with Crippen LogP contribution in [0.5, 0.6) is 17.2 Å². The number of hydrogen-bond acceptors (Lipinski definition) is 6. The van der Waals surface area contributed by atoms with Gasteiger partial charge in [-0.15, -0.1) is 0 Å². The highest BCUT2D eigenvalue weighted by molar-refractivity contribution is 9.10. The van der Waals surface area contributed by atoms with Gasteiger partial charge in [0.2, 0.25) is 0 Å². The van der Waals surface area contributed by atoms with E-state index in [0.29, 0.717) is 17.2 Å². The summed E-state index contributed by atoms with van der Waals surface area (Å²) in [6.45, 7) is 0.0208. The number of ether oxygens (including phenoxy) is 4. The Balaban J connectivity index is 2.00. The molecule has 7 heteroatoms. The van der Waals surface area contributed by atoms with E-state index in [1.54, 1.807) is 37.5 Å². The van der Waals surface area contributed by atoms with Crippen LogP contribution >= 0.6 is 15.9 Å². The first-order valence-corrected chi connectivity index (χ1v) is 8.71. The smallest absolute Gasteiger partial charge is 0.331 e. The third-order valence-corrected chi connectivity index (χ3v) is 4.00. The molecular formula is C20H18BrNO5. The minimum Gasteiger partial charge on any atom is -0.496 e. The number of hydrogen-bond donors (Lipinski definition) is 0. The first kappa shape index (κ1) is 20.3. The van der Waals surface area contributed by atoms with Crippen LogP contribution in [0.15, 0.2) is 46.9 Å². The topological polar surface area (TPSA) is 77.8 Å². The summed E-state index contributed by atoms with van der Waals surface area (Å²) in [6, 6.07) is 12.5. The summed E-state index contributed by atoms with van der Waals surface area (Å²) < 4.78 is 21.9. The molecule has 0 aromatic heterocycles. The molecule has 0 saturated carbocycles. The molecule has 0 radical (unpaired) electrons. The molecule has 6 nitrogen and oxygen atoms in total. The molecular weight excluding hydrogens is 414 g/mol. The van der Waals surface area contributed by atoms with E-state index < -0.39 is 5.97 Å². The molecule has 2 aromatic carbocycles. The number of esters is 1. The second-order valence-electron chi connectivity index (χ2n) is 5.25. The van der Waals surface area contributed by atoms with E-state index in [2.05, 4.69) is 15.9 Å². The Hall–Kier alpha value is -2.98. The third-order valence-electron chi connectivity index (χ3n) is 3.50. The quantitative estimate of drug-likeness (QED) is 0.461. The molecule has 2 aromatic rings. The van der Waals surface area contributed by atoms with Gasteiger partial charge in [0.15, 0.2) is 18.1 Å². The van der Waals surface area contributed by atoms with Gasteiger partial charge in [-0.05, 0) is 42.0 Å². The van der Waals surface area contributed by atoms with Crippen LogP contribution in [0.2, 0.25) is 0 Å². The van der Waals surface area contributed by atoms with E-state index in [4.69, 9.17) is 24.2 Å². The predicted octanol–water partition coefficient (Wildman–Crippen LogP) is 4.13. The fourth-order valence-corrected chi connectivity index (χ4v) is 2.65. The lowest BCUT2D eigenvalue weighted by atomic mass is 10.2. The van der Waals surface area contributed by atoms with Gasteiger partial charge in [0, 0.05) is 16.1 Å². The molecule has 0 heterocycles. The van der Waals surface area contributed by atoms with Crippen LogP contribution in [0.4, 0.5) is 0 Å². The second-order valence-corrected chi connectivity index (χ2v) is 6.17. The van der Waals surface area contributed by atoms with Crippen molar-refractivity contribution < 1.29 is 23.7 Å². The molecule has 0 fully saturated rings. The number of benzene rings is 2. The molecule has 0 atom stereocenters. The van der Waals surface area contributed by atoms with Gasteiger partial charge in [-0.3, -0.25) is 0 Å². The van der Waals surface area contributed by atoms with Gasteiger partial charge < -0.3 is 18.9 Å². The van der Waals surface area contributed by atoms with Crippen LogP contribution in [0.3, 0.4) is 0 Å². The Kier molecular flexibility index (Phi) is 7.71. The average Bonchev–Trinajstić information content (AvgIpc) is 2.69. The van der Waals surface area contributed by atoms with E-state index in [1.807, 2.05) is 18.2 Å².